The summed E-state index contributed by atoms with van der Waals surface area (Å²) in [6.07, 6.45) is 4.33. The van der Waals surface area contributed by atoms with Gasteiger partial charge in [0, 0.05) is 12.6 Å². The molecule has 2 aromatic rings. The van der Waals surface area contributed by atoms with Crippen molar-refractivity contribution in [2.45, 2.75) is 58.2 Å². The molecule has 0 heterocycles. The third-order valence-electron chi connectivity index (χ3n) is 5.51. The van der Waals surface area contributed by atoms with Crippen LogP contribution in [-0.2, 0) is 16.1 Å². The van der Waals surface area contributed by atoms with Crippen LogP contribution in [0.15, 0.2) is 54.6 Å². The summed E-state index contributed by atoms with van der Waals surface area (Å²) < 4.78 is 5.76. The van der Waals surface area contributed by atoms with Crippen molar-refractivity contribution in [3.63, 3.8) is 0 Å². The number of amides is 2. The highest BCUT2D eigenvalue weighted by molar-refractivity contribution is 5.88. The summed E-state index contributed by atoms with van der Waals surface area (Å²) in [7, 11) is 0. The van der Waals surface area contributed by atoms with E-state index in [0.717, 1.165) is 36.8 Å². The summed E-state index contributed by atoms with van der Waals surface area (Å²) in [5, 5.41) is 3.11. The highest BCUT2D eigenvalue weighted by atomic mass is 16.5. The largest absolute Gasteiger partial charge is 0.484 e. The Morgan fingerprint density at radius 3 is 2.41 bits per heavy atom. The topological polar surface area (TPSA) is 58.6 Å². The Kier molecular flexibility index (Phi) is 7.28. The molecule has 1 aliphatic carbocycles. The quantitative estimate of drug-likeness (QED) is 0.740. The molecular weight excluding hydrogens is 364 g/mol. The number of para-hydroxylation sites is 1. The molecule has 2 aromatic carbocycles. The average Bonchev–Trinajstić information content (AvgIpc) is 3.24. The van der Waals surface area contributed by atoms with Crippen molar-refractivity contribution in [3.8, 4) is 5.75 Å². The predicted molar refractivity (Wildman–Crippen MR) is 114 cm³/mol. The maximum absolute atomic E-state index is 13.0. The first-order chi connectivity index (χ1) is 14.0. The Bertz CT molecular complexity index is 816. The van der Waals surface area contributed by atoms with E-state index in [1.807, 2.05) is 61.5 Å². The number of nitrogens with zero attached hydrogens (tertiary/aromatic N) is 1. The number of aryl methyl sites for hydroxylation is 1. The normalized spacial score (nSPS) is 15.0. The standard InChI is InChI=1S/C24H30N2O3/c1-18-10-6-9-15-22(18)29-17-23(27)26(16-20-11-4-3-5-12-20)19(2)24(28)25-21-13-7-8-14-21/h3-6,9-12,15,19,21H,7-8,13-14,16-17H2,1-2H3,(H,25,28)/t19-/m1/s1. The van der Waals surface area contributed by atoms with Crippen LogP contribution in [0, 0.1) is 6.92 Å². The van der Waals surface area contributed by atoms with Gasteiger partial charge in [0.15, 0.2) is 6.61 Å². The monoisotopic (exact) mass is 394 g/mol. The molecule has 0 radical (unpaired) electrons. The number of nitrogens with one attached hydrogen (secondary N) is 1. The van der Waals surface area contributed by atoms with Gasteiger partial charge in [-0.15, -0.1) is 0 Å². The fourth-order valence-electron chi connectivity index (χ4n) is 3.70. The minimum Gasteiger partial charge on any atom is -0.484 e. The van der Waals surface area contributed by atoms with Crippen molar-refractivity contribution in [1.82, 2.24) is 10.2 Å². The van der Waals surface area contributed by atoms with E-state index < -0.39 is 6.04 Å². The second kappa shape index (κ2) is 10.1. The Hall–Kier alpha value is -2.82. The van der Waals surface area contributed by atoms with Crippen LogP contribution in [-0.4, -0.2) is 35.4 Å². The summed E-state index contributed by atoms with van der Waals surface area (Å²) in [5.41, 5.74) is 1.96. The van der Waals surface area contributed by atoms with Gasteiger partial charge in [-0.1, -0.05) is 61.4 Å². The van der Waals surface area contributed by atoms with Gasteiger partial charge < -0.3 is 15.0 Å². The first-order valence-corrected chi connectivity index (χ1v) is 10.4. The molecular formula is C24H30N2O3. The van der Waals surface area contributed by atoms with Crippen LogP contribution in [0.2, 0.25) is 0 Å². The van der Waals surface area contributed by atoms with Crippen molar-refractivity contribution in [2.75, 3.05) is 6.61 Å². The van der Waals surface area contributed by atoms with E-state index in [1.54, 1.807) is 11.8 Å². The highest BCUT2D eigenvalue weighted by Gasteiger charge is 2.28. The molecule has 0 saturated heterocycles. The third kappa shape index (κ3) is 5.83. The average molecular weight is 395 g/mol. The molecule has 0 unspecified atom stereocenters. The van der Waals surface area contributed by atoms with Crippen molar-refractivity contribution in [1.29, 1.82) is 0 Å². The van der Waals surface area contributed by atoms with Gasteiger partial charge >= 0.3 is 0 Å². The van der Waals surface area contributed by atoms with Gasteiger partial charge in [-0.05, 0) is 43.9 Å². The summed E-state index contributed by atoms with van der Waals surface area (Å²) in [6.45, 7) is 4.01. The van der Waals surface area contributed by atoms with E-state index >= 15 is 0 Å². The molecule has 0 aromatic heterocycles. The zero-order valence-corrected chi connectivity index (χ0v) is 17.3. The lowest BCUT2D eigenvalue weighted by molar-refractivity contribution is -0.142. The minimum atomic E-state index is -0.566. The van der Waals surface area contributed by atoms with Crippen LogP contribution < -0.4 is 10.1 Å². The Balaban J connectivity index is 1.69. The lowest BCUT2D eigenvalue weighted by Gasteiger charge is -2.29. The van der Waals surface area contributed by atoms with E-state index in [9.17, 15) is 9.59 Å². The van der Waals surface area contributed by atoms with E-state index in [0.29, 0.717) is 12.3 Å². The number of ether oxygens (including phenoxy) is 1. The summed E-state index contributed by atoms with van der Waals surface area (Å²) in [4.78, 5) is 27.5. The molecule has 5 nitrogen and oxygen atoms in total. The molecule has 3 rings (SSSR count). The fourth-order valence-corrected chi connectivity index (χ4v) is 3.70. The van der Waals surface area contributed by atoms with Crippen molar-refractivity contribution < 1.29 is 14.3 Å². The first kappa shape index (κ1) is 20.9. The Morgan fingerprint density at radius 1 is 1.07 bits per heavy atom. The van der Waals surface area contributed by atoms with Gasteiger partial charge in [-0.3, -0.25) is 9.59 Å². The molecule has 2 amide bonds. The zero-order valence-electron chi connectivity index (χ0n) is 17.3. The van der Waals surface area contributed by atoms with Crippen LogP contribution in [0.25, 0.3) is 0 Å². The molecule has 1 atom stereocenters. The van der Waals surface area contributed by atoms with Gasteiger partial charge in [0.1, 0.15) is 11.8 Å². The first-order valence-electron chi connectivity index (χ1n) is 10.4. The van der Waals surface area contributed by atoms with Crippen LogP contribution in [0.1, 0.15) is 43.7 Å². The van der Waals surface area contributed by atoms with Gasteiger partial charge in [0.05, 0.1) is 0 Å². The molecule has 0 spiro atoms. The number of hydrogen-bond donors (Lipinski definition) is 1. The Labute approximate surface area is 173 Å². The lowest BCUT2D eigenvalue weighted by atomic mass is 10.1. The molecule has 0 bridgehead atoms. The lowest BCUT2D eigenvalue weighted by Crippen LogP contribution is -2.50. The van der Waals surface area contributed by atoms with Crippen LogP contribution in [0.5, 0.6) is 5.75 Å². The van der Waals surface area contributed by atoms with Gasteiger partial charge in [0.25, 0.3) is 5.91 Å². The number of benzene rings is 2. The molecule has 1 aliphatic rings. The van der Waals surface area contributed by atoms with Crippen LogP contribution >= 0.6 is 0 Å². The van der Waals surface area contributed by atoms with E-state index in [1.165, 1.54) is 0 Å². The number of hydrogen-bond acceptors (Lipinski definition) is 3. The molecule has 0 aliphatic heterocycles. The maximum atomic E-state index is 13.0. The second-order valence-electron chi connectivity index (χ2n) is 7.73. The predicted octanol–water partition coefficient (Wildman–Crippen LogP) is 3.85. The van der Waals surface area contributed by atoms with Crippen molar-refractivity contribution in [3.05, 3.63) is 65.7 Å². The summed E-state index contributed by atoms with van der Waals surface area (Å²) >= 11 is 0. The number of carbonyl (C=O) groups is 2. The maximum Gasteiger partial charge on any atom is 0.261 e. The SMILES string of the molecule is Cc1ccccc1OCC(=O)N(Cc1ccccc1)[C@H](C)C(=O)NC1CCCC1. The summed E-state index contributed by atoms with van der Waals surface area (Å²) in [6, 6.07) is 17.0. The molecule has 1 saturated carbocycles. The highest BCUT2D eigenvalue weighted by Crippen LogP contribution is 2.19. The van der Waals surface area contributed by atoms with Gasteiger partial charge in [-0.25, -0.2) is 0 Å². The van der Waals surface area contributed by atoms with E-state index in [4.69, 9.17) is 4.74 Å². The number of carbonyl (C=O) groups excluding carboxylic acids is 2. The van der Waals surface area contributed by atoms with Crippen molar-refractivity contribution in [2.24, 2.45) is 0 Å². The Morgan fingerprint density at radius 2 is 1.72 bits per heavy atom. The fraction of sp³-hybridized carbons (Fsp3) is 0.417. The van der Waals surface area contributed by atoms with Crippen LogP contribution in [0.4, 0.5) is 0 Å². The number of rotatable bonds is 8. The van der Waals surface area contributed by atoms with Gasteiger partial charge in [0.2, 0.25) is 5.91 Å². The second-order valence-corrected chi connectivity index (χ2v) is 7.73. The van der Waals surface area contributed by atoms with Crippen molar-refractivity contribution >= 4 is 11.8 Å². The smallest absolute Gasteiger partial charge is 0.261 e. The minimum absolute atomic E-state index is 0.0985. The molecule has 1 N–H and O–H groups in total. The summed E-state index contributed by atoms with van der Waals surface area (Å²) in [5.74, 6) is 0.381. The van der Waals surface area contributed by atoms with E-state index in [2.05, 4.69) is 5.32 Å². The van der Waals surface area contributed by atoms with E-state index in [-0.39, 0.29) is 24.5 Å². The zero-order chi connectivity index (χ0) is 20.6. The molecule has 1 fully saturated rings. The molecule has 29 heavy (non-hydrogen) atoms. The third-order valence-corrected chi connectivity index (χ3v) is 5.51. The van der Waals surface area contributed by atoms with Crippen LogP contribution in [0.3, 0.4) is 0 Å². The molecule has 154 valence electrons. The molecule has 5 heteroatoms. The van der Waals surface area contributed by atoms with Gasteiger partial charge in [-0.2, -0.15) is 0 Å².